The van der Waals surface area contributed by atoms with Crippen LogP contribution in [0.25, 0.3) is 6.08 Å². The number of carbonyl (C=O) groups is 1. The second kappa shape index (κ2) is 9.54. The fraction of sp³-hybridized carbons (Fsp3) is 0.571. The number of nitrogens with one attached hydrogen (secondary N) is 1. The summed E-state index contributed by atoms with van der Waals surface area (Å²) in [6, 6.07) is 4.64. The zero-order valence-corrected chi connectivity index (χ0v) is 19.6. The second-order valence-corrected chi connectivity index (χ2v) is 10.3. The van der Waals surface area contributed by atoms with Crippen LogP contribution in [0, 0.1) is 29.6 Å². The van der Waals surface area contributed by atoms with E-state index in [4.69, 9.17) is 4.74 Å². The van der Waals surface area contributed by atoms with Gasteiger partial charge in [-0.2, -0.15) is 0 Å². The molecule has 0 spiro atoms. The minimum atomic E-state index is -0.178. The van der Waals surface area contributed by atoms with Gasteiger partial charge in [-0.25, -0.2) is 4.39 Å². The number of hydrogen-bond donors (Lipinski definition) is 1. The van der Waals surface area contributed by atoms with E-state index in [0.29, 0.717) is 23.8 Å². The molecule has 1 N–H and O–H groups in total. The second-order valence-electron chi connectivity index (χ2n) is 10.3. The van der Waals surface area contributed by atoms with Gasteiger partial charge in [0.25, 0.3) is 0 Å². The molecule has 5 rings (SSSR count). The molecule has 0 bridgehead atoms. The Balaban J connectivity index is 1.35. The highest BCUT2D eigenvalue weighted by atomic mass is 19.1. The van der Waals surface area contributed by atoms with Crippen LogP contribution in [0.3, 0.4) is 0 Å². The number of halogens is 1. The van der Waals surface area contributed by atoms with Gasteiger partial charge in [0.05, 0.1) is 11.6 Å². The van der Waals surface area contributed by atoms with Gasteiger partial charge >= 0.3 is 5.97 Å². The van der Waals surface area contributed by atoms with E-state index < -0.39 is 0 Å². The van der Waals surface area contributed by atoms with Crippen molar-refractivity contribution in [2.24, 2.45) is 29.6 Å². The molecule has 0 amide bonds. The van der Waals surface area contributed by atoms with E-state index in [0.717, 1.165) is 37.1 Å². The monoisotopic (exact) mass is 450 g/mol. The van der Waals surface area contributed by atoms with Crippen molar-refractivity contribution in [2.45, 2.75) is 64.0 Å². The van der Waals surface area contributed by atoms with Gasteiger partial charge in [0.1, 0.15) is 11.9 Å². The topological polar surface area (TPSA) is 51.2 Å². The standard InChI is InChI=1S/C28H35FN2O2/c1-3-30-23-10-11-24-20(14-23)15-26-27(17(2)33-28(26)32)25(24)12-9-22-8-7-19(16-31-22)18-5-4-6-21(29)13-18/h4,6-9,12-13,16-18,20,23-27,30H,3,5,10-11,14-15H2,1-2H3/b12-9+/t17?,18?,20?,23?,24?,25?,26-,27+/m0/s1. The molecule has 0 radical (unpaired) electrons. The predicted molar refractivity (Wildman–Crippen MR) is 128 cm³/mol. The van der Waals surface area contributed by atoms with Crippen molar-refractivity contribution in [3.63, 3.8) is 0 Å². The molecular weight excluding hydrogens is 415 g/mol. The number of nitrogens with zero attached hydrogens (tertiary/aromatic N) is 1. The van der Waals surface area contributed by atoms with Crippen LogP contribution in [0.2, 0.25) is 0 Å². The summed E-state index contributed by atoms with van der Waals surface area (Å²) in [5.74, 6) is 1.64. The molecule has 0 aromatic carbocycles. The molecule has 1 aromatic rings. The van der Waals surface area contributed by atoms with Crippen LogP contribution < -0.4 is 5.32 Å². The molecular formula is C28H35FN2O2. The summed E-state index contributed by atoms with van der Waals surface area (Å²) in [5, 5.41) is 3.63. The van der Waals surface area contributed by atoms with Crippen LogP contribution in [0.4, 0.5) is 4.39 Å². The molecule has 5 heteroatoms. The van der Waals surface area contributed by atoms with Gasteiger partial charge in [0, 0.05) is 24.1 Å². The first-order chi connectivity index (χ1) is 16.0. The highest BCUT2D eigenvalue weighted by Crippen LogP contribution is 2.53. The number of cyclic esters (lactones) is 1. The summed E-state index contributed by atoms with van der Waals surface area (Å²) in [6.07, 6.45) is 16.7. The fourth-order valence-electron chi connectivity index (χ4n) is 6.91. The Hall–Kier alpha value is -2.27. The van der Waals surface area contributed by atoms with E-state index in [-0.39, 0.29) is 35.7 Å². The molecule has 1 aliphatic heterocycles. The molecule has 6 unspecified atom stereocenters. The lowest BCUT2D eigenvalue weighted by Crippen LogP contribution is -2.47. The molecule has 33 heavy (non-hydrogen) atoms. The highest BCUT2D eigenvalue weighted by molar-refractivity contribution is 5.75. The Bertz CT molecular complexity index is 953. The van der Waals surface area contributed by atoms with Crippen LogP contribution in [-0.2, 0) is 9.53 Å². The Morgan fingerprint density at radius 3 is 2.91 bits per heavy atom. The fourth-order valence-corrected chi connectivity index (χ4v) is 6.91. The van der Waals surface area contributed by atoms with E-state index >= 15 is 0 Å². The maximum Gasteiger partial charge on any atom is 0.309 e. The average Bonchev–Trinajstić information content (AvgIpc) is 3.10. The minimum Gasteiger partial charge on any atom is -0.462 e. The molecule has 3 fully saturated rings. The van der Waals surface area contributed by atoms with Crippen LogP contribution in [0.5, 0.6) is 0 Å². The molecule has 4 nitrogen and oxygen atoms in total. The maximum atomic E-state index is 13.6. The third kappa shape index (κ3) is 4.57. The summed E-state index contributed by atoms with van der Waals surface area (Å²) in [7, 11) is 0. The smallest absolute Gasteiger partial charge is 0.309 e. The number of aromatic nitrogens is 1. The molecule has 8 atom stereocenters. The van der Waals surface area contributed by atoms with Gasteiger partial charge in [0.2, 0.25) is 0 Å². The first kappa shape index (κ1) is 22.5. The van der Waals surface area contributed by atoms with Crippen molar-refractivity contribution in [3.8, 4) is 0 Å². The van der Waals surface area contributed by atoms with E-state index in [2.05, 4.69) is 42.4 Å². The quantitative estimate of drug-likeness (QED) is 0.595. The van der Waals surface area contributed by atoms with E-state index in [1.165, 1.54) is 18.9 Å². The van der Waals surface area contributed by atoms with Crippen molar-refractivity contribution < 1.29 is 13.9 Å². The molecule has 1 saturated heterocycles. The first-order valence-electron chi connectivity index (χ1n) is 12.7. The van der Waals surface area contributed by atoms with Crippen LogP contribution in [0.1, 0.15) is 63.1 Å². The van der Waals surface area contributed by atoms with Gasteiger partial charge in [-0.15, -0.1) is 0 Å². The van der Waals surface area contributed by atoms with Crippen molar-refractivity contribution in [3.05, 3.63) is 59.7 Å². The number of esters is 1. The molecule has 4 aliphatic rings. The normalized spacial score (nSPS) is 38.0. The van der Waals surface area contributed by atoms with Crippen molar-refractivity contribution in [1.82, 2.24) is 10.3 Å². The van der Waals surface area contributed by atoms with Gasteiger partial charge in [-0.1, -0.05) is 25.1 Å². The number of carbonyl (C=O) groups excluding carboxylic acids is 1. The van der Waals surface area contributed by atoms with Crippen molar-refractivity contribution in [2.75, 3.05) is 6.54 Å². The molecule has 2 heterocycles. The van der Waals surface area contributed by atoms with Crippen LogP contribution >= 0.6 is 0 Å². The first-order valence-corrected chi connectivity index (χ1v) is 12.7. The molecule has 1 aromatic heterocycles. The minimum absolute atomic E-state index is 0.000722. The number of fused-ring (bicyclic) bond motifs is 2. The molecule has 3 aliphatic carbocycles. The van der Waals surface area contributed by atoms with Gasteiger partial charge in [-0.05, 0) is 93.2 Å². The summed E-state index contributed by atoms with van der Waals surface area (Å²) in [6.45, 7) is 5.23. The molecule has 176 valence electrons. The zero-order valence-electron chi connectivity index (χ0n) is 19.6. The van der Waals surface area contributed by atoms with E-state index in [1.54, 1.807) is 6.08 Å². The van der Waals surface area contributed by atoms with Gasteiger partial charge in [0.15, 0.2) is 0 Å². The largest absolute Gasteiger partial charge is 0.462 e. The third-order valence-corrected chi connectivity index (χ3v) is 8.40. The van der Waals surface area contributed by atoms with E-state index in [1.807, 2.05) is 18.3 Å². The summed E-state index contributed by atoms with van der Waals surface area (Å²) >= 11 is 0. The average molecular weight is 451 g/mol. The van der Waals surface area contributed by atoms with Gasteiger partial charge in [-0.3, -0.25) is 9.78 Å². The highest BCUT2D eigenvalue weighted by Gasteiger charge is 2.54. The lowest BCUT2D eigenvalue weighted by molar-refractivity contribution is -0.144. The van der Waals surface area contributed by atoms with Gasteiger partial charge < -0.3 is 10.1 Å². The summed E-state index contributed by atoms with van der Waals surface area (Å²) < 4.78 is 19.3. The van der Waals surface area contributed by atoms with Crippen LogP contribution in [-0.4, -0.2) is 29.6 Å². The van der Waals surface area contributed by atoms with Crippen LogP contribution in [0.15, 0.2) is 48.5 Å². The Kier molecular flexibility index (Phi) is 6.51. The Morgan fingerprint density at radius 1 is 1.27 bits per heavy atom. The zero-order chi connectivity index (χ0) is 22.9. The van der Waals surface area contributed by atoms with Crippen molar-refractivity contribution in [1.29, 1.82) is 0 Å². The third-order valence-electron chi connectivity index (χ3n) is 8.40. The SMILES string of the molecule is CCNC1CCC2C(C1)C[C@@H]1C(=O)OC(C)[C@@H]1C2/C=C/c1ccc(C2C=C(F)C=CC2)cn1. The van der Waals surface area contributed by atoms with Crippen molar-refractivity contribution >= 4 is 12.0 Å². The lowest BCUT2D eigenvalue weighted by atomic mass is 9.57. The Labute approximate surface area is 196 Å². The lowest BCUT2D eigenvalue weighted by Gasteiger charge is -2.47. The number of hydrogen-bond acceptors (Lipinski definition) is 4. The maximum absolute atomic E-state index is 13.6. The number of pyridine rings is 1. The predicted octanol–water partition coefficient (Wildman–Crippen LogP) is 5.58. The number of allylic oxidation sites excluding steroid dienone is 5. The van der Waals surface area contributed by atoms with E-state index in [9.17, 15) is 9.18 Å². The number of ether oxygens (including phenoxy) is 1. The summed E-state index contributed by atoms with van der Waals surface area (Å²) in [5.41, 5.74) is 1.95. The number of rotatable bonds is 5. The summed E-state index contributed by atoms with van der Waals surface area (Å²) in [4.78, 5) is 17.3. The molecule has 2 saturated carbocycles. The Morgan fingerprint density at radius 2 is 2.15 bits per heavy atom.